The van der Waals surface area contributed by atoms with Crippen molar-refractivity contribution in [1.82, 2.24) is 14.8 Å². The molecule has 0 radical (unpaired) electrons. The molecule has 190 valence electrons. The highest BCUT2D eigenvalue weighted by Crippen LogP contribution is 2.49. The molecular weight excluding hydrogens is 471 g/mol. The van der Waals surface area contributed by atoms with Crippen LogP contribution in [0.3, 0.4) is 0 Å². The van der Waals surface area contributed by atoms with Crippen LogP contribution < -0.4 is 0 Å². The number of nitrogens with zero attached hydrogens (tertiary/aromatic N) is 2. The Balaban J connectivity index is 1.23. The van der Waals surface area contributed by atoms with Gasteiger partial charge in [0, 0.05) is 43.5 Å². The third kappa shape index (κ3) is 4.09. The number of likely N-dealkylation sites (tertiary alicyclic amines) is 1. The van der Waals surface area contributed by atoms with Crippen LogP contribution in [-0.2, 0) is 9.53 Å². The number of carbonyl (C=O) groups excluding carboxylic acids is 1. The van der Waals surface area contributed by atoms with Gasteiger partial charge in [0.05, 0.1) is 36.6 Å². The first-order valence-corrected chi connectivity index (χ1v) is 12.4. The highest BCUT2D eigenvalue weighted by atomic mass is 19.1. The van der Waals surface area contributed by atoms with E-state index in [0.717, 1.165) is 24.7 Å². The average molecular weight is 500 g/mol. The molecule has 2 atom stereocenters. The number of nitrogens with one attached hydrogen (secondary N) is 1. The molecule has 2 aliphatic heterocycles. The van der Waals surface area contributed by atoms with E-state index in [-0.39, 0.29) is 35.1 Å². The molecule has 2 unspecified atom stereocenters. The van der Waals surface area contributed by atoms with E-state index in [1.54, 1.807) is 17.0 Å². The maximum absolute atomic E-state index is 14.6. The first-order chi connectivity index (χ1) is 17.4. The van der Waals surface area contributed by atoms with Gasteiger partial charge in [0.15, 0.2) is 0 Å². The summed E-state index contributed by atoms with van der Waals surface area (Å²) in [4.78, 5) is 20.3. The molecule has 3 aromatic rings. The van der Waals surface area contributed by atoms with Gasteiger partial charge in [-0.3, -0.25) is 9.69 Å². The number of aromatic amines is 1. The number of morpholine rings is 1. The van der Waals surface area contributed by atoms with Gasteiger partial charge in [-0.25, -0.2) is 13.2 Å². The lowest BCUT2D eigenvalue weighted by Gasteiger charge is -2.37. The molecule has 3 fully saturated rings. The zero-order chi connectivity index (χ0) is 25.0. The summed E-state index contributed by atoms with van der Waals surface area (Å²) in [5, 5.41) is 11.1. The second-order valence-corrected chi connectivity index (χ2v) is 10.1. The predicted molar refractivity (Wildman–Crippen MR) is 128 cm³/mol. The Bertz CT molecular complexity index is 1280. The summed E-state index contributed by atoms with van der Waals surface area (Å²) in [6.45, 7) is 3.55. The number of ether oxygens (including phenoxy) is 1. The van der Waals surface area contributed by atoms with Crippen molar-refractivity contribution in [3.8, 4) is 11.3 Å². The minimum Gasteiger partial charge on any atom is -0.390 e. The number of halogens is 3. The van der Waals surface area contributed by atoms with Gasteiger partial charge in [-0.05, 0) is 60.2 Å². The number of amides is 1. The number of carbonyl (C=O) groups is 1. The maximum atomic E-state index is 14.6. The summed E-state index contributed by atoms with van der Waals surface area (Å²) in [5.41, 5.74) is 2.26. The molecule has 0 bridgehead atoms. The Morgan fingerprint density at radius 3 is 2.44 bits per heavy atom. The summed E-state index contributed by atoms with van der Waals surface area (Å²) in [6.07, 6.45) is 0.507. The van der Waals surface area contributed by atoms with Gasteiger partial charge < -0.3 is 19.7 Å². The van der Waals surface area contributed by atoms with Gasteiger partial charge in [0.25, 0.3) is 0 Å². The Kier molecular flexibility index (Phi) is 6.02. The fourth-order valence-corrected chi connectivity index (χ4v) is 6.04. The SMILES string of the molecule is O=C(C1CC(c2c(-c3ccc(F)cc3)[nH]c3c(F)cc(F)cc23)C1)N1CC(O)C(N2CCOCC2)C1. The van der Waals surface area contributed by atoms with E-state index in [2.05, 4.69) is 9.88 Å². The Morgan fingerprint density at radius 2 is 1.72 bits per heavy atom. The van der Waals surface area contributed by atoms with Crippen LogP contribution in [0.2, 0.25) is 0 Å². The first-order valence-electron chi connectivity index (χ1n) is 12.4. The zero-order valence-corrected chi connectivity index (χ0v) is 19.7. The van der Waals surface area contributed by atoms with E-state index >= 15 is 0 Å². The molecule has 36 heavy (non-hydrogen) atoms. The number of hydrogen-bond acceptors (Lipinski definition) is 4. The summed E-state index contributed by atoms with van der Waals surface area (Å²) in [6, 6.07) is 7.95. The first kappa shape index (κ1) is 23.5. The summed E-state index contributed by atoms with van der Waals surface area (Å²) >= 11 is 0. The number of β-amino-alcohol motifs (C(OH)–C–C–N with tert-alkyl or cyclic N) is 1. The van der Waals surface area contributed by atoms with Gasteiger partial charge in [-0.15, -0.1) is 0 Å². The molecule has 2 aromatic carbocycles. The largest absolute Gasteiger partial charge is 0.390 e. The molecule has 1 saturated carbocycles. The zero-order valence-electron chi connectivity index (χ0n) is 19.7. The van der Waals surface area contributed by atoms with E-state index in [1.807, 2.05) is 0 Å². The van der Waals surface area contributed by atoms with Gasteiger partial charge in [0.1, 0.15) is 17.5 Å². The number of fused-ring (bicyclic) bond motifs is 1. The van der Waals surface area contributed by atoms with Gasteiger partial charge >= 0.3 is 0 Å². The Labute approximate surface area is 206 Å². The van der Waals surface area contributed by atoms with Crippen molar-refractivity contribution < 1.29 is 27.8 Å². The average Bonchev–Trinajstić information content (AvgIpc) is 3.41. The summed E-state index contributed by atoms with van der Waals surface area (Å²) in [7, 11) is 0. The quantitative estimate of drug-likeness (QED) is 0.575. The van der Waals surface area contributed by atoms with Crippen LogP contribution in [0.1, 0.15) is 24.3 Å². The highest BCUT2D eigenvalue weighted by molar-refractivity contribution is 5.92. The van der Waals surface area contributed by atoms with Crippen LogP contribution in [0, 0.1) is 23.4 Å². The number of aromatic nitrogens is 1. The normalized spacial score (nSPS) is 26.9. The lowest BCUT2D eigenvalue weighted by atomic mass is 9.69. The van der Waals surface area contributed by atoms with Crippen LogP contribution in [-0.4, -0.2) is 77.3 Å². The van der Waals surface area contributed by atoms with Crippen molar-refractivity contribution in [2.75, 3.05) is 39.4 Å². The van der Waals surface area contributed by atoms with Crippen molar-refractivity contribution in [1.29, 1.82) is 0 Å². The Morgan fingerprint density at radius 1 is 1.00 bits per heavy atom. The standard InChI is InChI=1S/C27H28F3N3O3/c28-18-3-1-15(2-4-18)25-24(20-11-19(29)12-21(30)26(20)31-25)16-9-17(10-16)27(35)33-13-22(23(34)14-33)32-5-7-36-8-6-32/h1-4,11-12,16-17,22-23,31,34H,5-10,13-14H2. The highest BCUT2D eigenvalue weighted by Gasteiger charge is 2.44. The predicted octanol–water partition coefficient (Wildman–Crippen LogP) is 3.65. The number of H-pyrrole nitrogens is 1. The molecule has 0 spiro atoms. The van der Waals surface area contributed by atoms with Crippen molar-refractivity contribution in [2.45, 2.75) is 30.9 Å². The smallest absolute Gasteiger partial charge is 0.225 e. The van der Waals surface area contributed by atoms with Crippen molar-refractivity contribution >= 4 is 16.8 Å². The molecule has 6 rings (SSSR count). The number of rotatable bonds is 4. The summed E-state index contributed by atoms with van der Waals surface area (Å²) in [5.74, 6) is -2.01. The molecule has 3 aliphatic rings. The fourth-order valence-electron chi connectivity index (χ4n) is 6.04. The molecule has 2 saturated heterocycles. The van der Waals surface area contributed by atoms with Crippen molar-refractivity contribution in [3.05, 3.63) is 59.4 Å². The topological polar surface area (TPSA) is 68.8 Å². The van der Waals surface area contributed by atoms with Crippen LogP contribution in [0.4, 0.5) is 13.2 Å². The minimum atomic E-state index is -0.688. The Hall–Kier alpha value is -2.88. The van der Waals surface area contributed by atoms with Crippen LogP contribution in [0.15, 0.2) is 36.4 Å². The second kappa shape index (κ2) is 9.21. The van der Waals surface area contributed by atoms with Crippen LogP contribution in [0.25, 0.3) is 22.2 Å². The van der Waals surface area contributed by atoms with Crippen LogP contribution in [0.5, 0.6) is 0 Å². The van der Waals surface area contributed by atoms with E-state index in [1.165, 1.54) is 18.2 Å². The number of aliphatic hydroxyl groups is 1. The molecule has 1 aromatic heterocycles. The van der Waals surface area contributed by atoms with Crippen molar-refractivity contribution in [3.63, 3.8) is 0 Å². The number of aliphatic hydroxyl groups excluding tert-OH is 1. The molecule has 2 N–H and O–H groups in total. The van der Waals surface area contributed by atoms with E-state index in [0.29, 0.717) is 55.8 Å². The lowest BCUT2D eigenvalue weighted by Crippen LogP contribution is -2.49. The molecule has 3 heterocycles. The number of benzene rings is 2. The van der Waals surface area contributed by atoms with Gasteiger partial charge in [-0.1, -0.05) is 0 Å². The molecule has 1 aliphatic carbocycles. The lowest BCUT2D eigenvalue weighted by molar-refractivity contribution is -0.138. The van der Waals surface area contributed by atoms with Crippen molar-refractivity contribution in [2.24, 2.45) is 5.92 Å². The fraction of sp³-hybridized carbons (Fsp3) is 0.444. The van der Waals surface area contributed by atoms with E-state index < -0.39 is 17.7 Å². The molecule has 9 heteroatoms. The third-order valence-corrected chi connectivity index (χ3v) is 7.98. The van der Waals surface area contributed by atoms with Gasteiger partial charge in [-0.2, -0.15) is 0 Å². The monoisotopic (exact) mass is 499 g/mol. The summed E-state index contributed by atoms with van der Waals surface area (Å²) < 4.78 is 47.7. The van der Waals surface area contributed by atoms with Crippen LogP contribution >= 0.6 is 0 Å². The van der Waals surface area contributed by atoms with Gasteiger partial charge in [0.2, 0.25) is 5.91 Å². The van der Waals surface area contributed by atoms with E-state index in [9.17, 15) is 23.1 Å². The number of hydrogen-bond donors (Lipinski definition) is 2. The van der Waals surface area contributed by atoms with E-state index in [4.69, 9.17) is 4.74 Å². The minimum absolute atomic E-state index is 0.0154. The third-order valence-electron chi connectivity index (χ3n) is 7.98. The second-order valence-electron chi connectivity index (χ2n) is 10.1. The molecule has 6 nitrogen and oxygen atoms in total. The maximum Gasteiger partial charge on any atom is 0.225 e. The molecular formula is C27H28F3N3O3. The molecule has 1 amide bonds.